The summed E-state index contributed by atoms with van der Waals surface area (Å²) in [6.45, 7) is 0.486. The molecule has 0 spiro atoms. The number of rotatable bonds is 3. The minimum absolute atomic E-state index is 0.372. The summed E-state index contributed by atoms with van der Waals surface area (Å²) in [5.41, 5.74) is 1.06. The van der Waals surface area contributed by atoms with Crippen molar-refractivity contribution in [2.75, 3.05) is 5.32 Å². The number of aromatic nitrogens is 4. The molecule has 0 saturated heterocycles. The molecular weight excluding hydrogens is 192 g/mol. The first-order valence-electron chi connectivity index (χ1n) is 4.33. The van der Waals surface area contributed by atoms with Crippen LogP contribution in [0.2, 0.25) is 0 Å². The van der Waals surface area contributed by atoms with Gasteiger partial charge in [0.1, 0.15) is 18.2 Å². The summed E-state index contributed by atoms with van der Waals surface area (Å²) >= 11 is 0. The van der Waals surface area contributed by atoms with E-state index in [0.29, 0.717) is 23.8 Å². The van der Waals surface area contributed by atoms with Gasteiger partial charge in [-0.1, -0.05) is 0 Å². The van der Waals surface area contributed by atoms with Crippen LogP contribution in [0.5, 0.6) is 0 Å². The molecule has 0 aromatic carbocycles. The Bertz CT molecular complexity index is 470. The summed E-state index contributed by atoms with van der Waals surface area (Å²) in [6.07, 6.45) is 3.02. The van der Waals surface area contributed by atoms with Crippen LogP contribution in [0.3, 0.4) is 0 Å². The maximum atomic E-state index is 8.79. The van der Waals surface area contributed by atoms with Gasteiger partial charge in [-0.05, 0) is 12.1 Å². The van der Waals surface area contributed by atoms with Crippen molar-refractivity contribution < 1.29 is 0 Å². The monoisotopic (exact) mass is 200 g/mol. The van der Waals surface area contributed by atoms with E-state index < -0.39 is 0 Å². The fraction of sp³-hybridized carbons (Fsp3) is 0.111. The molecule has 0 aliphatic heterocycles. The van der Waals surface area contributed by atoms with Gasteiger partial charge in [0.05, 0.1) is 12.2 Å². The largest absolute Gasteiger partial charge is 0.375 e. The standard InChI is InChI=1S/C9H8N6/c10-4-8-7(2-1-3-11-8)12-5-9-13-6-14-15-9/h1-3,6,12H,5H2,(H,13,14,15). The van der Waals surface area contributed by atoms with Crippen LogP contribution in [0.4, 0.5) is 5.69 Å². The number of H-pyrrole nitrogens is 1. The lowest BCUT2D eigenvalue weighted by Crippen LogP contribution is -2.03. The summed E-state index contributed by atoms with van der Waals surface area (Å²) < 4.78 is 0. The Labute approximate surface area is 86.0 Å². The molecule has 2 rings (SSSR count). The molecule has 0 bridgehead atoms. The van der Waals surface area contributed by atoms with E-state index in [0.717, 1.165) is 0 Å². The number of aromatic amines is 1. The second-order valence-electron chi connectivity index (χ2n) is 2.80. The number of nitrogens with one attached hydrogen (secondary N) is 2. The van der Waals surface area contributed by atoms with Gasteiger partial charge in [0.2, 0.25) is 0 Å². The van der Waals surface area contributed by atoms with Gasteiger partial charge in [0.15, 0.2) is 5.69 Å². The van der Waals surface area contributed by atoms with Gasteiger partial charge in [-0.25, -0.2) is 9.97 Å². The third-order valence-electron chi connectivity index (χ3n) is 1.82. The second kappa shape index (κ2) is 4.19. The van der Waals surface area contributed by atoms with Crippen molar-refractivity contribution in [3.05, 3.63) is 36.2 Å². The summed E-state index contributed by atoms with van der Waals surface area (Å²) in [6, 6.07) is 5.57. The fourth-order valence-electron chi connectivity index (χ4n) is 1.13. The van der Waals surface area contributed by atoms with Gasteiger partial charge in [-0.3, -0.25) is 5.10 Å². The van der Waals surface area contributed by atoms with Crippen LogP contribution in [0, 0.1) is 11.3 Å². The molecule has 2 aromatic heterocycles. The van der Waals surface area contributed by atoms with Crippen molar-refractivity contribution in [1.29, 1.82) is 5.26 Å². The first-order valence-corrected chi connectivity index (χ1v) is 4.33. The minimum atomic E-state index is 0.372. The summed E-state index contributed by atoms with van der Waals surface area (Å²) in [4.78, 5) is 7.88. The topological polar surface area (TPSA) is 90.3 Å². The highest BCUT2D eigenvalue weighted by molar-refractivity contribution is 5.53. The SMILES string of the molecule is N#Cc1ncccc1NCc1ncn[nH]1. The Morgan fingerprint density at radius 2 is 2.40 bits per heavy atom. The molecular formula is C9H8N6. The molecule has 0 radical (unpaired) electrons. The quantitative estimate of drug-likeness (QED) is 0.760. The molecule has 0 fully saturated rings. The Balaban J connectivity index is 2.08. The van der Waals surface area contributed by atoms with E-state index in [2.05, 4.69) is 25.5 Å². The van der Waals surface area contributed by atoms with Crippen molar-refractivity contribution >= 4 is 5.69 Å². The Hall–Kier alpha value is -2.42. The van der Waals surface area contributed by atoms with Crippen molar-refractivity contribution in [3.63, 3.8) is 0 Å². The van der Waals surface area contributed by atoms with Crippen molar-refractivity contribution in [2.24, 2.45) is 0 Å². The lowest BCUT2D eigenvalue weighted by atomic mass is 10.3. The molecule has 0 aliphatic rings. The molecule has 6 nitrogen and oxygen atoms in total. The van der Waals surface area contributed by atoms with E-state index in [-0.39, 0.29) is 0 Å². The van der Waals surface area contributed by atoms with E-state index in [1.54, 1.807) is 18.3 Å². The Morgan fingerprint density at radius 1 is 1.47 bits per heavy atom. The third-order valence-corrected chi connectivity index (χ3v) is 1.82. The Kier molecular flexibility index (Phi) is 2.56. The summed E-state index contributed by atoms with van der Waals surface area (Å²) in [5, 5.41) is 18.3. The average molecular weight is 200 g/mol. The molecule has 0 saturated carbocycles. The maximum Gasteiger partial charge on any atom is 0.163 e. The van der Waals surface area contributed by atoms with Crippen LogP contribution in [0.1, 0.15) is 11.5 Å². The highest BCUT2D eigenvalue weighted by atomic mass is 15.2. The van der Waals surface area contributed by atoms with Crippen LogP contribution >= 0.6 is 0 Å². The zero-order chi connectivity index (χ0) is 10.5. The minimum Gasteiger partial charge on any atom is -0.375 e. The Morgan fingerprint density at radius 3 is 3.13 bits per heavy atom. The molecule has 0 unspecified atom stereocenters. The van der Waals surface area contributed by atoms with Gasteiger partial charge in [0.25, 0.3) is 0 Å². The lowest BCUT2D eigenvalue weighted by Gasteiger charge is -2.04. The lowest BCUT2D eigenvalue weighted by molar-refractivity contribution is 0.952. The molecule has 2 heterocycles. The number of hydrogen-bond donors (Lipinski definition) is 2. The van der Waals surface area contributed by atoms with Crippen LogP contribution in [-0.2, 0) is 6.54 Å². The van der Waals surface area contributed by atoms with E-state index in [4.69, 9.17) is 5.26 Å². The molecule has 0 aliphatic carbocycles. The van der Waals surface area contributed by atoms with Crippen molar-refractivity contribution in [2.45, 2.75) is 6.54 Å². The summed E-state index contributed by atoms with van der Waals surface area (Å²) in [7, 11) is 0. The number of nitrogens with zero attached hydrogens (tertiary/aromatic N) is 4. The molecule has 0 atom stereocenters. The highest BCUT2D eigenvalue weighted by Crippen LogP contribution is 2.10. The number of pyridine rings is 1. The fourth-order valence-corrected chi connectivity index (χ4v) is 1.13. The first-order chi connectivity index (χ1) is 7.40. The zero-order valence-corrected chi connectivity index (χ0v) is 7.81. The van der Waals surface area contributed by atoms with E-state index >= 15 is 0 Å². The third kappa shape index (κ3) is 2.08. The van der Waals surface area contributed by atoms with Gasteiger partial charge >= 0.3 is 0 Å². The van der Waals surface area contributed by atoms with Crippen LogP contribution in [0.25, 0.3) is 0 Å². The van der Waals surface area contributed by atoms with E-state index in [1.165, 1.54) is 6.33 Å². The molecule has 2 aromatic rings. The van der Waals surface area contributed by atoms with E-state index in [9.17, 15) is 0 Å². The number of nitriles is 1. The highest BCUT2D eigenvalue weighted by Gasteiger charge is 2.02. The smallest absolute Gasteiger partial charge is 0.163 e. The number of anilines is 1. The number of hydrogen-bond acceptors (Lipinski definition) is 5. The van der Waals surface area contributed by atoms with Gasteiger partial charge in [-0.2, -0.15) is 10.4 Å². The molecule has 74 valence electrons. The van der Waals surface area contributed by atoms with Crippen LogP contribution < -0.4 is 5.32 Å². The average Bonchev–Trinajstić information content (AvgIpc) is 2.79. The van der Waals surface area contributed by atoms with Gasteiger partial charge < -0.3 is 5.32 Å². The van der Waals surface area contributed by atoms with Crippen molar-refractivity contribution in [3.8, 4) is 6.07 Å². The zero-order valence-electron chi connectivity index (χ0n) is 7.81. The maximum absolute atomic E-state index is 8.79. The van der Waals surface area contributed by atoms with Crippen molar-refractivity contribution in [1.82, 2.24) is 20.2 Å². The molecule has 15 heavy (non-hydrogen) atoms. The van der Waals surface area contributed by atoms with E-state index in [1.807, 2.05) is 6.07 Å². The summed E-state index contributed by atoms with van der Waals surface area (Å²) in [5.74, 6) is 0.711. The first kappa shape index (κ1) is 9.15. The molecule has 2 N–H and O–H groups in total. The van der Waals surface area contributed by atoms with Crippen LogP contribution in [0.15, 0.2) is 24.7 Å². The van der Waals surface area contributed by atoms with Crippen LogP contribution in [-0.4, -0.2) is 20.2 Å². The van der Waals surface area contributed by atoms with Gasteiger partial charge in [0, 0.05) is 6.20 Å². The molecule has 0 amide bonds. The predicted molar refractivity (Wildman–Crippen MR) is 52.7 cm³/mol. The van der Waals surface area contributed by atoms with Gasteiger partial charge in [-0.15, -0.1) is 0 Å². The predicted octanol–water partition coefficient (Wildman–Crippen LogP) is 0.683. The normalized spacial score (nSPS) is 9.53. The second-order valence-corrected chi connectivity index (χ2v) is 2.80. The molecule has 6 heteroatoms.